The minimum Gasteiger partial charge on any atom is -0.465 e. The molecule has 0 bridgehead atoms. The van der Waals surface area contributed by atoms with E-state index in [-0.39, 0.29) is 5.97 Å². The van der Waals surface area contributed by atoms with E-state index in [1.54, 1.807) is 6.92 Å². The minimum atomic E-state index is -0.888. The third kappa shape index (κ3) is 4.45. The van der Waals surface area contributed by atoms with Gasteiger partial charge in [-0.15, -0.1) is 0 Å². The second-order valence-corrected chi connectivity index (χ2v) is 6.89. The third-order valence-corrected chi connectivity index (χ3v) is 4.94. The molecule has 2 unspecified atom stereocenters. The van der Waals surface area contributed by atoms with Crippen molar-refractivity contribution in [1.29, 1.82) is 0 Å². The average Bonchev–Trinajstić information content (AvgIpc) is 2.39. The molecule has 0 aromatic heterocycles. The number of carbonyl (C=O) groups is 1. The standard InChI is InChI=1S/C16H32N2O2/c1-6-15(4)8-10-18(11-9-15)13(3)12-16(5,17)14(19)20-7-2/h13H,6-12,17H2,1-5H3. The van der Waals surface area contributed by atoms with E-state index < -0.39 is 5.54 Å². The predicted octanol–water partition coefficient (Wildman–Crippen LogP) is 2.56. The highest BCUT2D eigenvalue weighted by Crippen LogP contribution is 2.35. The Labute approximate surface area is 124 Å². The van der Waals surface area contributed by atoms with Gasteiger partial charge in [0.2, 0.25) is 0 Å². The second kappa shape index (κ2) is 6.90. The van der Waals surface area contributed by atoms with Crippen LogP contribution in [0.5, 0.6) is 0 Å². The molecule has 2 N–H and O–H groups in total. The molecule has 0 radical (unpaired) electrons. The number of piperidine rings is 1. The van der Waals surface area contributed by atoms with Crippen molar-refractivity contribution in [3.8, 4) is 0 Å². The number of likely N-dealkylation sites (tertiary alicyclic amines) is 1. The maximum atomic E-state index is 11.9. The van der Waals surface area contributed by atoms with Crippen LogP contribution in [0.3, 0.4) is 0 Å². The molecule has 0 spiro atoms. The van der Waals surface area contributed by atoms with E-state index >= 15 is 0 Å². The van der Waals surface area contributed by atoms with E-state index in [1.165, 1.54) is 19.3 Å². The Morgan fingerprint density at radius 1 is 1.40 bits per heavy atom. The first-order chi connectivity index (χ1) is 9.24. The van der Waals surface area contributed by atoms with Gasteiger partial charge < -0.3 is 15.4 Å². The molecular weight excluding hydrogens is 252 g/mol. The molecular formula is C16H32N2O2. The predicted molar refractivity (Wildman–Crippen MR) is 82.5 cm³/mol. The normalized spacial score (nSPS) is 23.9. The highest BCUT2D eigenvalue weighted by molar-refractivity contribution is 5.80. The highest BCUT2D eigenvalue weighted by atomic mass is 16.5. The summed E-state index contributed by atoms with van der Waals surface area (Å²) in [5.41, 5.74) is 5.73. The summed E-state index contributed by atoms with van der Waals surface area (Å²) < 4.78 is 5.06. The molecule has 1 aliphatic rings. The molecule has 4 heteroatoms. The van der Waals surface area contributed by atoms with Gasteiger partial charge in [-0.25, -0.2) is 0 Å². The fraction of sp³-hybridized carbons (Fsp3) is 0.938. The van der Waals surface area contributed by atoms with Gasteiger partial charge in [0.1, 0.15) is 5.54 Å². The summed E-state index contributed by atoms with van der Waals surface area (Å²) in [5, 5.41) is 0. The van der Waals surface area contributed by atoms with Gasteiger partial charge in [-0.05, 0) is 58.5 Å². The van der Waals surface area contributed by atoms with Crippen LogP contribution in [0.25, 0.3) is 0 Å². The van der Waals surface area contributed by atoms with E-state index in [9.17, 15) is 4.79 Å². The molecule has 0 aromatic carbocycles. The van der Waals surface area contributed by atoms with Crippen LogP contribution in [0.2, 0.25) is 0 Å². The van der Waals surface area contributed by atoms with Gasteiger partial charge in [-0.1, -0.05) is 20.3 Å². The zero-order valence-electron chi connectivity index (χ0n) is 13.9. The Balaban J connectivity index is 2.51. The van der Waals surface area contributed by atoms with Crippen LogP contribution in [-0.4, -0.2) is 42.1 Å². The van der Waals surface area contributed by atoms with Gasteiger partial charge in [-0.2, -0.15) is 0 Å². The average molecular weight is 284 g/mol. The summed E-state index contributed by atoms with van der Waals surface area (Å²) >= 11 is 0. The molecule has 1 rings (SSSR count). The monoisotopic (exact) mass is 284 g/mol. The fourth-order valence-electron chi connectivity index (χ4n) is 2.98. The van der Waals surface area contributed by atoms with Crippen LogP contribution in [0, 0.1) is 5.41 Å². The Bertz CT molecular complexity index is 320. The van der Waals surface area contributed by atoms with Gasteiger partial charge in [0, 0.05) is 6.04 Å². The van der Waals surface area contributed by atoms with Crippen molar-refractivity contribution in [3.05, 3.63) is 0 Å². The lowest BCUT2D eigenvalue weighted by atomic mass is 9.77. The van der Waals surface area contributed by atoms with E-state index in [0.717, 1.165) is 13.1 Å². The van der Waals surface area contributed by atoms with E-state index in [0.29, 0.717) is 24.5 Å². The summed E-state index contributed by atoms with van der Waals surface area (Å²) in [4.78, 5) is 14.3. The molecule has 0 amide bonds. The molecule has 0 saturated carbocycles. The van der Waals surface area contributed by atoms with Crippen molar-refractivity contribution in [1.82, 2.24) is 4.90 Å². The van der Waals surface area contributed by atoms with Crippen LogP contribution in [0.4, 0.5) is 0 Å². The van der Waals surface area contributed by atoms with Crippen LogP contribution in [-0.2, 0) is 9.53 Å². The molecule has 1 saturated heterocycles. The maximum absolute atomic E-state index is 11.9. The second-order valence-electron chi connectivity index (χ2n) is 6.89. The molecule has 0 aromatic rings. The topological polar surface area (TPSA) is 55.6 Å². The molecule has 20 heavy (non-hydrogen) atoms. The largest absolute Gasteiger partial charge is 0.465 e. The Morgan fingerprint density at radius 2 is 1.95 bits per heavy atom. The molecule has 1 heterocycles. The number of nitrogens with two attached hydrogens (primary N) is 1. The van der Waals surface area contributed by atoms with Gasteiger partial charge >= 0.3 is 5.97 Å². The lowest BCUT2D eigenvalue weighted by Crippen LogP contribution is -2.52. The number of esters is 1. The summed E-state index contributed by atoms with van der Waals surface area (Å²) in [6.45, 7) is 13.0. The zero-order valence-corrected chi connectivity index (χ0v) is 13.9. The van der Waals surface area contributed by atoms with E-state index in [2.05, 4.69) is 25.7 Å². The van der Waals surface area contributed by atoms with Gasteiger partial charge in [0.05, 0.1) is 6.61 Å². The van der Waals surface area contributed by atoms with Crippen LogP contribution >= 0.6 is 0 Å². The molecule has 1 aliphatic heterocycles. The Morgan fingerprint density at radius 3 is 2.40 bits per heavy atom. The summed E-state index contributed by atoms with van der Waals surface area (Å²) in [5.74, 6) is -0.290. The quantitative estimate of drug-likeness (QED) is 0.762. The number of rotatable bonds is 6. The SMILES string of the molecule is CCOC(=O)C(C)(N)CC(C)N1CCC(C)(CC)CC1. The van der Waals surface area contributed by atoms with Crippen molar-refractivity contribution < 1.29 is 9.53 Å². The number of ether oxygens (including phenoxy) is 1. The smallest absolute Gasteiger partial charge is 0.325 e. The number of carbonyl (C=O) groups excluding carboxylic acids is 1. The van der Waals surface area contributed by atoms with E-state index in [4.69, 9.17) is 10.5 Å². The summed E-state index contributed by atoms with van der Waals surface area (Å²) in [7, 11) is 0. The molecule has 1 fully saturated rings. The van der Waals surface area contributed by atoms with Crippen molar-refractivity contribution in [2.45, 2.75) is 71.9 Å². The van der Waals surface area contributed by atoms with Gasteiger partial charge in [0.25, 0.3) is 0 Å². The highest BCUT2D eigenvalue weighted by Gasteiger charge is 2.36. The lowest BCUT2D eigenvalue weighted by Gasteiger charge is -2.42. The third-order valence-electron chi connectivity index (χ3n) is 4.94. The fourth-order valence-corrected chi connectivity index (χ4v) is 2.98. The summed E-state index contributed by atoms with van der Waals surface area (Å²) in [6.07, 6.45) is 4.35. The first-order valence-electron chi connectivity index (χ1n) is 7.94. The molecule has 118 valence electrons. The van der Waals surface area contributed by atoms with Crippen molar-refractivity contribution >= 4 is 5.97 Å². The zero-order chi connectivity index (χ0) is 15.4. The Hall–Kier alpha value is -0.610. The van der Waals surface area contributed by atoms with Crippen molar-refractivity contribution in [3.63, 3.8) is 0 Å². The van der Waals surface area contributed by atoms with Crippen LogP contribution in [0.1, 0.15) is 60.3 Å². The minimum absolute atomic E-state index is 0.290. The summed E-state index contributed by atoms with van der Waals surface area (Å²) in [6, 6.07) is 0.316. The number of nitrogens with zero attached hydrogens (tertiary/aromatic N) is 1. The van der Waals surface area contributed by atoms with E-state index in [1.807, 2.05) is 6.92 Å². The number of hydrogen-bond acceptors (Lipinski definition) is 4. The van der Waals surface area contributed by atoms with Crippen LogP contribution < -0.4 is 5.73 Å². The van der Waals surface area contributed by atoms with Crippen molar-refractivity contribution in [2.75, 3.05) is 19.7 Å². The maximum Gasteiger partial charge on any atom is 0.325 e. The van der Waals surface area contributed by atoms with Gasteiger partial charge in [0.15, 0.2) is 0 Å². The molecule has 2 atom stereocenters. The Kier molecular flexibility index (Phi) is 6.02. The van der Waals surface area contributed by atoms with Crippen LogP contribution in [0.15, 0.2) is 0 Å². The first-order valence-corrected chi connectivity index (χ1v) is 7.94. The van der Waals surface area contributed by atoms with Crippen molar-refractivity contribution in [2.24, 2.45) is 11.1 Å². The lowest BCUT2D eigenvalue weighted by molar-refractivity contribution is -0.149. The molecule has 4 nitrogen and oxygen atoms in total. The molecule has 0 aliphatic carbocycles. The number of hydrogen-bond donors (Lipinski definition) is 1. The first kappa shape index (κ1) is 17.4. The van der Waals surface area contributed by atoms with Gasteiger partial charge in [-0.3, -0.25) is 4.79 Å².